The molecule has 1 amide bonds. The fourth-order valence-electron chi connectivity index (χ4n) is 5.74. The minimum absolute atomic E-state index is 0.0120. The van der Waals surface area contributed by atoms with Gasteiger partial charge in [0.25, 0.3) is 11.5 Å². The quantitative estimate of drug-likeness (QED) is 0.773. The molecule has 2 fully saturated rings. The van der Waals surface area contributed by atoms with E-state index < -0.39 is 0 Å². The van der Waals surface area contributed by atoms with E-state index in [0.717, 1.165) is 55.7 Å². The highest BCUT2D eigenvalue weighted by Crippen LogP contribution is 2.32. The summed E-state index contributed by atoms with van der Waals surface area (Å²) in [5, 5.41) is 0. The summed E-state index contributed by atoms with van der Waals surface area (Å²) >= 11 is 0. The number of aromatic amines is 1. The van der Waals surface area contributed by atoms with Crippen LogP contribution in [0.4, 0.5) is 5.69 Å². The van der Waals surface area contributed by atoms with Crippen LogP contribution >= 0.6 is 0 Å². The molecule has 0 bridgehead atoms. The molecule has 3 aliphatic rings. The average Bonchev–Trinajstić information content (AvgIpc) is 3.38. The summed E-state index contributed by atoms with van der Waals surface area (Å²) < 4.78 is 0. The first-order valence-corrected chi connectivity index (χ1v) is 12.5. The number of hydrogen-bond acceptors (Lipinski definition) is 5. The number of piperidine rings is 1. The topological polar surface area (TPSA) is 72.5 Å². The Kier molecular flexibility index (Phi) is 6.23. The van der Waals surface area contributed by atoms with Crippen LogP contribution in [0.25, 0.3) is 0 Å². The van der Waals surface area contributed by atoms with Gasteiger partial charge < -0.3 is 14.8 Å². The lowest BCUT2D eigenvalue weighted by Gasteiger charge is -2.36. The number of rotatable bonds is 4. The van der Waals surface area contributed by atoms with E-state index in [4.69, 9.17) is 4.98 Å². The number of amides is 1. The van der Waals surface area contributed by atoms with Gasteiger partial charge in [-0.25, -0.2) is 4.98 Å². The molecule has 1 aliphatic carbocycles. The number of fused-ring (bicyclic) bond motifs is 1. The van der Waals surface area contributed by atoms with E-state index in [1.54, 1.807) is 0 Å². The summed E-state index contributed by atoms with van der Waals surface area (Å²) in [5.41, 5.74) is 3.48. The van der Waals surface area contributed by atoms with Gasteiger partial charge in [-0.3, -0.25) is 14.5 Å². The normalized spacial score (nSPS) is 21.8. The fraction of sp³-hybridized carbons (Fsp3) is 0.577. The molecular formula is C26H35N5O2. The summed E-state index contributed by atoms with van der Waals surface area (Å²) in [6.07, 6.45) is 8.71. The molecule has 0 radical (unpaired) electrons. The molecule has 1 aromatic heterocycles. The molecule has 1 N–H and O–H groups in total. The highest BCUT2D eigenvalue weighted by molar-refractivity contribution is 5.94. The Balaban J connectivity index is 1.41. The van der Waals surface area contributed by atoms with Crippen LogP contribution in [0.1, 0.15) is 78.4 Å². The Bertz CT molecular complexity index is 1060. The SMILES string of the molecule is CN(C)c1ccc(C(=O)N2CCCCC2c2nc3c(c(=O)[nH]2)CCN(C2CCCC2)C3)cc1. The Morgan fingerprint density at radius 1 is 1.03 bits per heavy atom. The van der Waals surface area contributed by atoms with Gasteiger partial charge in [0, 0.05) is 56.6 Å². The first-order valence-electron chi connectivity index (χ1n) is 12.5. The number of H-pyrrole nitrogens is 1. The number of carbonyl (C=O) groups excluding carboxylic acids is 1. The second kappa shape index (κ2) is 9.29. The van der Waals surface area contributed by atoms with Crippen LogP contribution in [0.15, 0.2) is 29.1 Å². The zero-order valence-electron chi connectivity index (χ0n) is 19.8. The lowest BCUT2D eigenvalue weighted by atomic mass is 9.98. The lowest BCUT2D eigenvalue weighted by Crippen LogP contribution is -2.43. The zero-order chi connectivity index (χ0) is 22.9. The number of carbonyl (C=O) groups is 1. The molecule has 1 saturated heterocycles. The summed E-state index contributed by atoms with van der Waals surface area (Å²) in [5.74, 6) is 0.669. The van der Waals surface area contributed by atoms with Gasteiger partial charge in [0.15, 0.2) is 0 Å². The molecule has 7 heteroatoms. The third-order valence-corrected chi connectivity index (χ3v) is 7.67. The Hall–Kier alpha value is -2.67. The van der Waals surface area contributed by atoms with E-state index in [-0.39, 0.29) is 17.5 Å². The summed E-state index contributed by atoms with van der Waals surface area (Å²) in [7, 11) is 3.98. The molecule has 1 atom stereocenters. The number of anilines is 1. The largest absolute Gasteiger partial charge is 0.378 e. The van der Waals surface area contributed by atoms with E-state index in [2.05, 4.69) is 9.88 Å². The predicted molar refractivity (Wildman–Crippen MR) is 130 cm³/mol. The van der Waals surface area contributed by atoms with Crippen molar-refractivity contribution in [1.29, 1.82) is 0 Å². The van der Waals surface area contributed by atoms with Gasteiger partial charge in [-0.05, 0) is 62.8 Å². The Morgan fingerprint density at radius 3 is 2.48 bits per heavy atom. The van der Waals surface area contributed by atoms with Crippen LogP contribution in [0, 0.1) is 0 Å². The summed E-state index contributed by atoms with van der Waals surface area (Å²) in [4.78, 5) is 40.9. The van der Waals surface area contributed by atoms with Gasteiger partial charge in [0.1, 0.15) is 5.82 Å². The molecule has 1 saturated carbocycles. The monoisotopic (exact) mass is 449 g/mol. The van der Waals surface area contributed by atoms with Gasteiger partial charge in [-0.1, -0.05) is 12.8 Å². The smallest absolute Gasteiger partial charge is 0.254 e. The van der Waals surface area contributed by atoms with Crippen molar-refractivity contribution in [3.05, 3.63) is 57.3 Å². The second-order valence-electron chi connectivity index (χ2n) is 9.99. The highest BCUT2D eigenvalue weighted by atomic mass is 16.2. The van der Waals surface area contributed by atoms with Crippen molar-refractivity contribution in [1.82, 2.24) is 19.8 Å². The van der Waals surface area contributed by atoms with Gasteiger partial charge in [0.05, 0.1) is 11.7 Å². The maximum Gasteiger partial charge on any atom is 0.254 e. The second-order valence-corrected chi connectivity index (χ2v) is 9.99. The van der Waals surface area contributed by atoms with E-state index in [1.807, 2.05) is 48.2 Å². The zero-order valence-corrected chi connectivity index (χ0v) is 19.8. The first kappa shape index (κ1) is 22.1. The predicted octanol–water partition coefficient (Wildman–Crippen LogP) is 3.50. The summed E-state index contributed by atoms with van der Waals surface area (Å²) in [6.45, 7) is 2.39. The van der Waals surface area contributed by atoms with Gasteiger partial charge in [-0.15, -0.1) is 0 Å². The molecule has 1 unspecified atom stereocenters. The van der Waals surface area contributed by atoms with Crippen molar-refractivity contribution in [2.24, 2.45) is 0 Å². The van der Waals surface area contributed by atoms with E-state index in [1.165, 1.54) is 25.7 Å². The number of nitrogens with one attached hydrogen (secondary N) is 1. The molecule has 7 nitrogen and oxygen atoms in total. The molecule has 2 aliphatic heterocycles. The fourth-order valence-corrected chi connectivity index (χ4v) is 5.74. The van der Waals surface area contributed by atoms with Crippen LogP contribution in [0.2, 0.25) is 0 Å². The number of aromatic nitrogens is 2. The van der Waals surface area contributed by atoms with Crippen LogP contribution in [0.5, 0.6) is 0 Å². The van der Waals surface area contributed by atoms with Crippen LogP contribution in [-0.2, 0) is 13.0 Å². The van der Waals surface area contributed by atoms with Crippen molar-refractivity contribution >= 4 is 11.6 Å². The standard InChI is InChI=1S/C26H35N5O2/c1-29(2)19-12-10-18(11-13-19)26(33)31-15-6-5-9-23(31)24-27-22-17-30(20-7-3-4-8-20)16-14-21(22)25(32)28-24/h10-13,20,23H,3-9,14-17H2,1-2H3,(H,27,28,32). The minimum atomic E-state index is -0.181. The molecule has 176 valence electrons. The first-order chi connectivity index (χ1) is 16.0. The lowest BCUT2D eigenvalue weighted by molar-refractivity contribution is 0.0598. The third kappa shape index (κ3) is 4.43. The maximum absolute atomic E-state index is 13.4. The van der Waals surface area contributed by atoms with Crippen molar-refractivity contribution in [3.63, 3.8) is 0 Å². The van der Waals surface area contributed by atoms with Crippen LogP contribution in [-0.4, -0.2) is 58.9 Å². The van der Waals surface area contributed by atoms with E-state index in [0.29, 0.717) is 24.0 Å². The molecule has 2 aromatic rings. The average molecular weight is 450 g/mol. The van der Waals surface area contributed by atoms with Crippen molar-refractivity contribution in [2.45, 2.75) is 70.0 Å². The molecule has 3 heterocycles. The van der Waals surface area contributed by atoms with E-state index in [9.17, 15) is 9.59 Å². The van der Waals surface area contributed by atoms with Gasteiger partial charge in [0.2, 0.25) is 0 Å². The molecule has 5 rings (SSSR count). The van der Waals surface area contributed by atoms with E-state index >= 15 is 0 Å². The Labute approximate surface area is 195 Å². The molecule has 33 heavy (non-hydrogen) atoms. The number of likely N-dealkylation sites (tertiary alicyclic amines) is 1. The maximum atomic E-state index is 13.4. The Morgan fingerprint density at radius 2 is 1.76 bits per heavy atom. The number of hydrogen-bond donors (Lipinski definition) is 1. The molecule has 0 spiro atoms. The minimum Gasteiger partial charge on any atom is -0.378 e. The number of nitrogens with zero attached hydrogens (tertiary/aromatic N) is 4. The highest BCUT2D eigenvalue weighted by Gasteiger charge is 2.33. The van der Waals surface area contributed by atoms with Crippen LogP contribution < -0.4 is 10.5 Å². The van der Waals surface area contributed by atoms with Gasteiger partial charge >= 0.3 is 0 Å². The van der Waals surface area contributed by atoms with Crippen LogP contribution in [0.3, 0.4) is 0 Å². The van der Waals surface area contributed by atoms with Crippen molar-refractivity contribution < 1.29 is 4.79 Å². The summed E-state index contributed by atoms with van der Waals surface area (Å²) in [6, 6.07) is 8.18. The third-order valence-electron chi connectivity index (χ3n) is 7.67. The van der Waals surface area contributed by atoms with Crippen molar-refractivity contribution in [3.8, 4) is 0 Å². The van der Waals surface area contributed by atoms with Gasteiger partial charge in [-0.2, -0.15) is 0 Å². The number of benzene rings is 1. The molecular weight excluding hydrogens is 414 g/mol. The van der Waals surface area contributed by atoms with Crippen molar-refractivity contribution in [2.75, 3.05) is 32.1 Å². The molecule has 1 aromatic carbocycles.